The third-order valence-electron chi connectivity index (χ3n) is 3.28. The lowest BCUT2D eigenvalue weighted by Crippen LogP contribution is -2.26. The predicted octanol–water partition coefficient (Wildman–Crippen LogP) is 3.29. The van der Waals surface area contributed by atoms with E-state index in [4.69, 9.17) is 15.2 Å². The lowest BCUT2D eigenvalue weighted by atomic mass is 10.1. The molecule has 0 radical (unpaired) electrons. The van der Waals surface area contributed by atoms with Gasteiger partial charge in [-0.2, -0.15) is 0 Å². The van der Waals surface area contributed by atoms with Crippen LogP contribution in [0.5, 0.6) is 5.75 Å². The highest BCUT2D eigenvalue weighted by Gasteiger charge is 2.16. The van der Waals surface area contributed by atoms with Crippen LogP contribution < -0.4 is 10.5 Å². The molecule has 1 aromatic carbocycles. The van der Waals surface area contributed by atoms with Crippen molar-refractivity contribution in [2.75, 3.05) is 13.2 Å². The lowest BCUT2D eigenvalue weighted by Gasteiger charge is -2.24. The fourth-order valence-corrected chi connectivity index (χ4v) is 2.86. The summed E-state index contributed by atoms with van der Waals surface area (Å²) in [5, 5.41) is 0. The molecule has 0 spiro atoms. The molecular formula is C15H22BrNO2. The first kappa shape index (κ1) is 14.8. The zero-order valence-corrected chi connectivity index (χ0v) is 13.0. The first-order valence-electron chi connectivity index (χ1n) is 6.94. The summed E-state index contributed by atoms with van der Waals surface area (Å²) in [5.74, 6) is 0.911. The standard InChI is InChI=1S/C15H22BrNO2/c1-11(17)9-12-5-4-7-14(16)15(12)19-10-13-6-2-3-8-18-13/h4-5,7,11,13H,2-3,6,8-10,17H2,1H3. The van der Waals surface area contributed by atoms with Gasteiger partial charge in [0.25, 0.3) is 0 Å². The lowest BCUT2D eigenvalue weighted by molar-refractivity contribution is -0.0113. The minimum Gasteiger partial charge on any atom is -0.489 e. The van der Waals surface area contributed by atoms with Gasteiger partial charge in [0.05, 0.1) is 10.6 Å². The molecule has 2 N–H and O–H groups in total. The molecule has 1 fully saturated rings. The zero-order chi connectivity index (χ0) is 13.7. The number of nitrogens with two attached hydrogens (primary N) is 1. The quantitative estimate of drug-likeness (QED) is 0.902. The first-order chi connectivity index (χ1) is 9.16. The molecule has 2 atom stereocenters. The number of hydrogen-bond donors (Lipinski definition) is 1. The zero-order valence-electron chi connectivity index (χ0n) is 11.4. The van der Waals surface area contributed by atoms with Gasteiger partial charge in [0, 0.05) is 12.6 Å². The Bertz CT molecular complexity index is 403. The molecule has 1 heterocycles. The molecule has 0 aromatic heterocycles. The Morgan fingerprint density at radius 2 is 2.32 bits per heavy atom. The average molecular weight is 328 g/mol. The minimum absolute atomic E-state index is 0.127. The Kier molecular flexibility index (Phi) is 5.67. The molecule has 1 aliphatic heterocycles. The Balaban J connectivity index is 2.01. The number of para-hydroxylation sites is 1. The Morgan fingerprint density at radius 3 is 3.00 bits per heavy atom. The third kappa shape index (κ3) is 4.48. The molecule has 106 valence electrons. The summed E-state index contributed by atoms with van der Waals surface area (Å²) in [6.45, 7) is 3.49. The first-order valence-corrected chi connectivity index (χ1v) is 7.73. The predicted molar refractivity (Wildman–Crippen MR) is 80.6 cm³/mol. The summed E-state index contributed by atoms with van der Waals surface area (Å²) in [7, 11) is 0. The fourth-order valence-electron chi connectivity index (χ4n) is 2.34. The Labute approximate surface area is 123 Å². The highest BCUT2D eigenvalue weighted by atomic mass is 79.9. The van der Waals surface area contributed by atoms with Gasteiger partial charge < -0.3 is 15.2 Å². The van der Waals surface area contributed by atoms with Crippen LogP contribution in [0.3, 0.4) is 0 Å². The monoisotopic (exact) mass is 327 g/mol. The maximum absolute atomic E-state index is 5.98. The van der Waals surface area contributed by atoms with Gasteiger partial charge in [-0.15, -0.1) is 0 Å². The van der Waals surface area contributed by atoms with Crippen LogP contribution in [0.2, 0.25) is 0 Å². The summed E-state index contributed by atoms with van der Waals surface area (Å²) >= 11 is 3.56. The highest BCUT2D eigenvalue weighted by Crippen LogP contribution is 2.30. The molecule has 0 bridgehead atoms. The smallest absolute Gasteiger partial charge is 0.136 e. The van der Waals surface area contributed by atoms with E-state index in [1.165, 1.54) is 12.8 Å². The van der Waals surface area contributed by atoms with E-state index in [1.54, 1.807) is 0 Å². The van der Waals surface area contributed by atoms with Gasteiger partial charge in [-0.3, -0.25) is 0 Å². The molecule has 0 saturated carbocycles. The van der Waals surface area contributed by atoms with Gasteiger partial charge in [0.1, 0.15) is 12.4 Å². The van der Waals surface area contributed by atoms with Gasteiger partial charge in [0.15, 0.2) is 0 Å². The van der Waals surface area contributed by atoms with Gasteiger partial charge in [-0.1, -0.05) is 12.1 Å². The molecule has 2 rings (SSSR count). The SMILES string of the molecule is CC(N)Cc1cccc(Br)c1OCC1CCCCO1. The van der Waals surface area contributed by atoms with E-state index in [0.717, 1.165) is 35.2 Å². The van der Waals surface area contributed by atoms with Gasteiger partial charge >= 0.3 is 0 Å². The third-order valence-corrected chi connectivity index (χ3v) is 3.90. The molecule has 19 heavy (non-hydrogen) atoms. The largest absolute Gasteiger partial charge is 0.489 e. The summed E-state index contributed by atoms with van der Waals surface area (Å²) in [6.07, 6.45) is 4.54. The fraction of sp³-hybridized carbons (Fsp3) is 0.600. The van der Waals surface area contributed by atoms with Crippen LogP contribution in [-0.4, -0.2) is 25.4 Å². The second kappa shape index (κ2) is 7.27. The molecule has 4 heteroatoms. The van der Waals surface area contributed by atoms with Gasteiger partial charge in [-0.25, -0.2) is 0 Å². The Hall–Kier alpha value is -0.580. The van der Waals surface area contributed by atoms with Crippen molar-refractivity contribution < 1.29 is 9.47 Å². The van der Waals surface area contributed by atoms with Gasteiger partial charge in [-0.05, 0) is 60.2 Å². The second-order valence-electron chi connectivity index (χ2n) is 5.21. The molecular weight excluding hydrogens is 306 g/mol. The minimum atomic E-state index is 0.127. The van der Waals surface area contributed by atoms with Crippen molar-refractivity contribution in [3.8, 4) is 5.75 Å². The number of rotatable bonds is 5. The van der Waals surface area contributed by atoms with E-state index < -0.39 is 0 Å². The molecule has 2 unspecified atom stereocenters. The number of hydrogen-bond acceptors (Lipinski definition) is 3. The topological polar surface area (TPSA) is 44.5 Å². The molecule has 0 aliphatic carbocycles. The number of halogens is 1. The average Bonchev–Trinajstić information content (AvgIpc) is 2.38. The second-order valence-corrected chi connectivity index (χ2v) is 6.06. The van der Waals surface area contributed by atoms with Crippen LogP contribution in [0, 0.1) is 0 Å². The summed E-state index contributed by atoms with van der Waals surface area (Å²) in [6, 6.07) is 6.22. The summed E-state index contributed by atoms with van der Waals surface area (Å²) < 4.78 is 12.7. The van der Waals surface area contributed by atoms with Crippen LogP contribution in [0.1, 0.15) is 31.7 Å². The van der Waals surface area contributed by atoms with E-state index >= 15 is 0 Å². The maximum atomic E-state index is 5.98. The highest BCUT2D eigenvalue weighted by molar-refractivity contribution is 9.10. The van der Waals surface area contributed by atoms with E-state index in [0.29, 0.717) is 6.61 Å². The van der Waals surface area contributed by atoms with Crippen molar-refractivity contribution in [2.45, 2.75) is 44.8 Å². The van der Waals surface area contributed by atoms with Crippen molar-refractivity contribution in [1.29, 1.82) is 0 Å². The van der Waals surface area contributed by atoms with Crippen molar-refractivity contribution in [3.05, 3.63) is 28.2 Å². The summed E-state index contributed by atoms with van der Waals surface area (Å²) in [4.78, 5) is 0. The molecule has 1 aromatic rings. The molecule has 1 saturated heterocycles. The van der Waals surface area contributed by atoms with Gasteiger partial charge in [0.2, 0.25) is 0 Å². The molecule has 1 aliphatic rings. The van der Waals surface area contributed by atoms with Crippen LogP contribution in [0.15, 0.2) is 22.7 Å². The van der Waals surface area contributed by atoms with Crippen molar-refractivity contribution >= 4 is 15.9 Å². The van der Waals surface area contributed by atoms with Crippen molar-refractivity contribution in [1.82, 2.24) is 0 Å². The molecule has 3 nitrogen and oxygen atoms in total. The number of benzene rings is 1. The normalized spacial score (nSPS) is 21.1. The molecule has 0 amide bonds. The Morgan fingerprint density at radius 1 is 1.47 bits per heavy atom. The maximum Gasteiger partial charge on any atom is 0.136 e. The van der Waals surface area contributed by atoms with Crippen molar-refractivity contribution in [2.24, 2.45) is 5.73 Å². The van der Waals surface area contributed by atoms with Crippen LogP contribution >= 0.6 is 15.9 Å². The van der Waals surface area contributed by atoms with E-state index in [9.17, 15) is 0 Å². The van der Waals surface area contributed by atoms with E-state index in [-0.39, 0.29) is 12.1 Å². The van der Waals surface area contributed by atoms with E-state index in [2.05, 4.69) is 22.0 Å². The van der Waals surface area contributed by atoms with Crippen LogP contribution in [-0.2, 0) is 11.2 Å². The van der Waals surface area contributed by atoms with Crippen LogP contribution in [0.4, 0.5) is 0 Å². The number of ether oxygens (including phenoxy) is 2. The van der Waals surface area contributed by atoms with Crippen LogP contribution in [0.25, 0.3) is 0 Å². The summed E-state index contributed by atoms with van der Waals surface area (Å²) in [5.41, 5.74) is 7.04. The van der Waals surface area contributed by atoms with Crippen molar-refractivity contribution in [3.63, 3.8) is 0 Å². The van der Waals surface area contributed by atoms with E-state index in [1.807, 2.05) is 19.1 Å².